The summed E-state index contributed by atoms with van der Waals surface area (Å²) >= 11 is 0. The van der Waals surface area contributed by atoms with Gasteiger partial charge in [0, 0.05) is 20.4 Å². The summed E-state index contributed by atoms with van der Waals surface area (Å²) in [4.78, 5) is 12.3. The van der Waals surface area contributed by atoms with E-state index in [0.717, 1.165) is 0 Å². The number of esters is 1. The molecule has 0 aromatic carbocycles. The minimum absolute atomic E-state index is 0.0257. The predicted octanol–water partition coefficient (Wildman–Crippen LogP) is 0.200. The number of ether oxygens (including phenoxy) is 2. The second kappa shape index (κ2) is 7.59. The van der Waals surface area contributed by atoms with Crippen molar-refractivity contribution in [1.82, 2.24) is 4.72 Å². The Morgan fingerprint density at radius 1 is 1.31 bits per heavy atom. The maximum Gasteiger partial charge on any atom is 0.338 e. The molecule has 0 amide bonds. The molecule has 0 radical (unpaired) electrons. The molecular formula is C16H29NO7SSi. The first-order chi connectivity index (χ1) is 11.9. The highest BCUT2D eigenvalue weighted by Crippen LogP contribution is 2.39. The fraction of sp³-hybridized carbons (Fsp3) is 0.812. The second-order valence-electron chi connectivity index (χ2n) is 8.21. The maximum absolute atomic E-state index is 12.6. The van der Waals surface area contributed by atoms with Crippen LogP contribution in [0.2, 0.25) is 25.7 Å². The van der Waals surface area contributed by atoms with Gasteiger partial charge in [0.05, 0.1) is 36.7 Å². The van der Waals surface area contributed by atoms with E-state index in [4.69, 9.17) is 9.47 Å². The lowest BCUT2D eigenvalue weighted by molar-refractivity contribution is -0.156. The van der Waals surface area contributed by atoms with E-state index in [0.29, 0.717) is 6.04 Å². The molecule has 2 rings (SSSR count). The molecule has 5 atom stereocenters. The normalized spacial score (nSPS) is 32.9. The maximum atomic E-state index is 12.6. The largest absolute Gasteiger partial charge is 0.500 e. The first-order valence-corrected chi connectivity index (χ1v) is 14.1. The molecule has 0 spiro atoms. The van der Waals surface area contributed by atoms with Gasteiger partial charge in [0.2, 0.25) is 10.0 Å². The van der Waals surface area contributed by atoms with Crippen LogP contribution in [0.25, 0.3) is 0 Å². The van der Waals surface area contributed by atoms with Crippen LogP contribution in [0, 0.1) is 5.92 Å². The van der Waals surface area contributed by atoms with E-state index in [1.165, 1.54) is 7.11 Å². The Morgan fingerprint density at radius 2 is 1.92 bits per heavy atom. The summed E-state index contributed by atoms with van der Waals surface area (Å²) in [6.45, 7) is 7.82. The van der Waals surface area contributed by atoms with Crippen LogP contribution in [-0.4, -0.2) is 69.9 Å². The van der Waals surface area contributed by atoms with Crippen molar-refractivity contribution >= 4 is 24.1 Å². The van der Waals surface area contributed by atoms with E-state index >= 15 is 0 Å². The van der Waals surface area contributed by atoms with Crippen LogP contribution in [0.5, 0.6) is 0 Å². The molecule has 10 heteroatoms. The van der Waals surface area contributed by atoms with Gasteiger partial charge in [-0.1, -0.05) is 19.6 Å². The number of hydrogen-bond donors (Lipinski definition) is 3. The van der Waals surface area contributed by atoms with Crippen molar-refractivity contribution in [1.29, 1.82) is 0 Å². The van der Waals surface area contributed by atoms with Crippen molar-refractivity contribution < 1.29 is 32.9 Å². The van der Waals surface area contributed by atoms with Gasteiger partial charge in [-0.3, -0.25) is 0 Å². The molecule has 0 unspecified atom stereocenters. The van der Waals surface area contributed by atoms with Gasteiger partial charge in [-0.05, 0) is 13.0 Å². The third-order valence-electron chi connectivity index (χ3n) is 4.88. The van der Waals surface area contributed by atoms with Gasteiger partial charge in [0.1, 0.15) is 11.9 Å². The zero-order chi connectivity index (χ0) is 19.9. The lowest BCUT2D eigenvalue weighted by atomic mass is 9.75. The summed E-state index contributed by atoms with van der Waals surface area (Å²) in [6, 6.07) is -0.283. The molecule has 3 N–H and O–H groups in total. The highest BCUT2D eigenvalue weighted by Gasteiger charge is 2.51. The average molecular weight is 408 g/mol. The number of carbonyl (C=O) groups is 1. The van der Waals surface area contributed by atoms with Crippen molar-refractivity contribution in [3.8, 4) is 0 Å². The minimum Gasteiger partial charge on any atom is -0.500 e. The van der Waals surface area contributed by atoms with Gasteiger partial charge in [-0.15, -0.1) is 0 Å². The molecule has 0 aromatic rings. The van der Waals surface area contributed by atoms with Crippen LogP contribution < -0.4 is 4.72 Å². The number of rotatable bonds is 6. The average Bonchev–Trinajstić information content (AvgIpc) is 2.51. The van der Waals surface area contributed by atoms with E-state index in [9.17, 15) is 23.4 Å². The first-order valence-electron chi connectivity index (χ1n) is 8.70. The van der Waals surface area contributed by atoms with Crippen LogP contribution in [0.3, 0.4) is 0 Å². The molecule has 1 saturated heterocycles. The summed E-state index contributed by atoms with van der Waals surface area (Å²) in [5.41, 5.74) is 0.0984. The van der Waals surface area contributed by atoms with E-state index < -0.39 is 54.3 Å². The van der Waals surface area contributed by atoms with E-state index in [2.05, 4.69) is 24.4 Å². The van der Waals surface area contributed by atoms with Crippen LogP contribution >= 0.6 is 0 Å². The molecule has 1 fully saturated rings. The Kier molecular flexibility index (Phi) is 6.23. The first kappa shape index (κ1) is 21.4. The Labute approximate surface area is 155 Å². The quantitative estimate of drug-likeness (QED) is 0.425. The molecule has 0 bridgehead atoms. The number of sulfonamides is 1. The number of methoxy groups -OCH3 is 1. The smallest absolute Gasteiger partial charge is 0.338 e. The lowest BCUT2D eigenvalue weighted by Crippen LogP contribution is -2.60. The molecule has 150 valence electrons. The van der Waals surface area contributed by atoms with Gasteiger partial charge in [-0.2, -0.15) is 0 Å². The fourth-order valence-corrected chi connectivity index (χ4v) is 7.72. The van der Waals surface area contributed by atoms with Gasteiger partial charge >= 0.3 is 5.97 Å². The Balaban J connectivity index is 2.33. The van der Waals surface area contributed by atoms with Gasteiger partial charge in [0.25, 0.3) is 0 Å². The van der Waals surface area contributed by atoms with Gasteiger partial charge in [0.15, 0.2) is 0 Å². The van der Waals surface area contributed by atoms with E-state index in [1.54, 1.807) is 6.92 Å². The number of nitrogens with one attached hydrogen (secondary N) is 1. The molecule has 0 saturated carbocycles. The monoisotopic (exact) mass is 407 g/mol. The van der Waals surface area contributed by atoms with Crippen molar-refractivity contribution in [2.45, 2.75) is 63.4 Å². The summed E-state index contributed by atoms with van der Waals surface area (Å²) < 4.78 is 38.2. The van der Waals surface area contributed by atoms with Crippen LogP contribution in [0.1, 0.15) is 13.3 Å². The fourth-order valence-electron chi connectivity index (χ4n) is 3.33. The van der Waals surface area contributed by atoms with Crippen LogP contribution in [-0.2, 0) is 24.3 Å². The topological polar surface area (TPSA) is 122 Å². The van der Waals surface area contributed by atoms with Gasteiger partial charge in [-0.25, -0.2) is 17.9 Å². The molecule has 1 aliphatic carbocycles. The Hall–Kier alpha value is -0.943. The molecule has 2 aliphatic rings. The van der Waals surface area contributed by atoms with Crippen molar-refractivity contribution in [2.75, 3.05) is 12.9 Å². The van der Waals surface area contributed by atoms with Crippen molar-refractivity contribution in [3.05, 3.63) is 11.3 Å². The third-order valence-corrected chi connectivity index (χ3v) is 8.36. The van der Waals surface area contributed by atoms with E-state index in [1.807, 2.05) is 0 Å². The summed E-state index contributed by atoms with van der Waals surface area (Å²) in [5, 5.41) is 20.6. The minimum atomic E-state index is -3.64. The number of aliphatic hydroxyl groups is 2. The zero-order valence-electron chi connectivity index (χ0n) is 15.9. The number of fused-ring (bicyclic) bond motifs is 1. The molecule has 1 heterocycles. The predicted molar refractivity (Wildman–Crippen MR) is 98.6 cm³/mol. The molecule has 26 heavy (non-hydrogen) atoms. The van der Waals surface area contributed by atoms with Crippen molar-refractivity contribution in [3.63, 3.8) is 0 Å². The summed E-state index contributed by atoms with van der Waals surface area (Å²) in [5.74, 6) is -1.38. The van der Waals surface area contributed by atoms with Crippen LogP contribution in [0.15, 0.2) is 11.3 Å². The molecular weight excluding hydrogens is 378 g/mol. The Morgan fingerprint density at radius 3 is 2.46 bits per heavy atom. The Bertz CT molecular complexity index is 685. The van der Waals surface area contributed by atoms with Crippen LogP contribution in [0.4, 0.5) is 0 Å². The lowest BCUT2D eigenvalue weighted by Gasteiger charge is -2.44. The summed E-state index contributed by atoms with van der Waals surface area (Å²) in [6.07, 6.45) is -3.24. The van der Waals surface area contributed by atoms with Crippen molar-refractivity contribution in [2.24, 2.45) is 5.92 Å². The SMILES string of the molecule is COC1=C2C(=O)O[C@H](C)[C@H](NS(=O)(=O)CC[Si](C)(C)C)[C@@H]2[C@@H](O)[C@H](O)C1. The standard InChI is InChI=1S/C16H29NO7SSi/c1-9-14(17-25(21,22)6-7-26(3,4)5)13-12(16(20)24-9)11(23-2)8-10(18)15(13)19/h9-10,13-15,17-19H,6-8H2,1-5H3/t9-,10-,13-,14+,15+/m1/s1. The molecule has 8 nitrogen and oxygen atoms in total. The number of aliphatic hydroxyl groups excluding tert-OH is 2. The number of hydrogen-bond acceptors (Lipinski definition) is 7. The molecule has 1 aliphatic heterocycles. The number of cyclic esters (lactones) is 1. The third kappa shape index (κ3) is 4.66. The highest BCUT2D eigenvalue weighted by atomic mass is 32.2. The van der Waals surface area contributed by atoms with E-state index in [-0.39, 0.29) is 23.5 Å². The zero-order valence-corrected chi connectivity index (χ0v) is 17.7. The summed E-state index contributed by atoms with van der Waals surface area (Å²) in [7, 11) is -3.84. The molecule has 0 aromatic heterocycles. The number of carbonyl (C=O) groups excluding carboxylic acids is 1. The highest BCUT2D eigenvalue weighted by molar-refractivity contribution is 7.89. The van der Waals surface area contributed by atoms with Gasteiger partial charge < -0.3 is 19.7 Å². The second-order valence-corrected chi connectivity index (χ2v) is 15.7.